The van der Waals surface area contributed by atoms with Crippen molar-refractivity contribution < 1.29 is 28.6 Å². The van der Waals surface area contributed by atoms with Crippen LogP contribution < -0.4 is 9.47 Å². The summed E-state index contributed by atoms with van der Waals surface area (Å²) in [6.45, 7) is 3.78. The molecular formula is C18H23NO6. The number of nitrogens with zero attached hydrogens (tertiary/aromatic N) is 1. The molecule has 2 unspecified atom stereocenters. The van der Waals surface area contributed by atoms with Gasteiger partial charge in [-0.2, -0.15) is 0 Å². The Morgan fingerprint density at radius 3 is 2.56 bits per heavy atom. The van der Waals surface area contributed by atoms with Gasteiger partial charge >= 0.3 is 5.97 Å². The lowest BCUT2D eigenvalue weighted by molar-refractivity contribution is -0.163. The number of amides is 1. The summed E-state index contributed by atoms with van der Waals surface area (Å²) in [6, 6.07) is 4.98. The molecular weight excluding hydrogens is 326 g/mol. The maximum atomic E-state index is 12.7. The van der Waals surface area contributed by atoms with E-state index in [1.54, 1.807) is 39.2 Å². The molecule has 7 nitrogen and oxygen atoms in total. The van der Waals surface area contributed by atoms with Crippen molar-refractivity contribution in [2.24, 2.45) is 5.92 Å². The highest BCUT2D eigenvalue weighted by Gasteiger charge is 2.44. The molecule has 0 bridgehead atoms. The standard InChI is InChI=1S/C18H23NO6/c1-5-25-18(22)16-14(20)8-11(2)19(17(16)21)10-12-6-7-13(23-3)9-15(12)24-4/h6-7,9,11,16H,5,8,10H2,1-4H3. The number of esters is 1. The van der Waals surface area contributed by atoms with Crippen molar-refractivity contribution in [1.29, 1.82) is 0 Å². The van der Waals surface area contributed by atoms with E-state index < -0.39 is 23.6 Å². The van der Waals surface area contributed by atoms with Crippen molar-refractivity contribution in [2.45, 2.75) is 32.9 Å². The number of benzene rings is 1. The highest BCUT2D eigenvalue weighted by atomic mass is 16.5. The van der Waals surface area contributed by atoms with Crippen LogP contribution in [0.5, 0.6) is 11.5 Å². The van der Waals surface area contributed by atoms with Crippen LogP contribution in [0.15, 0.2) is 18.2 Å². The summed E-state index contributed by atoms with van der Waals surface area (Å²) in [5, 5.41) is 0. The monoisotopic (exact) mass is 349 g/mol. The minimum atomic E-state index is -1.37. The van der Waals surface area contributed by atoms with Crippen molar-refractivity contribution in [1.82, 2.24) is 4.90 Å². The Balaban J connectivity index is 2.27. The SMILES string of the molecule is CCOC(=O)C1C(=O)CC(C)N(Cc2ccc(OC)cc2OC)C1=O. The zero-order valence-corrected chi connectivity index (χ0v) is 14.9. The Labute approximate surface area is 146 Å². The van der Waals surface area contributed by atoms with Crippen LogP contribution in [0.1, 0.15) is 25.8 Å². The van der Waals surface area contributed by atoms with Crippen LogP contribution in [0.3, 0.4) is 0 Å². The van der Waals surface area contributed by atoms with Crippen LogP contribution in [0.25, 0.3) is 0 Å². The molecule has 1 aromatic carbocycles. The van der Waals surface area contributed by atoms with Gasteiger partial charge in [-0.15, -0.1) is 0 Å². The minimum absolute atomic E-state index is 0.119. The molecule has 25 heavy (non-hydrogen) atoms. The van der Waals surface area contributed by atoms with Gasteiger partial charge in [0.25, 0.3) is 0 Å². The number of ether oxygens (including phenoxy) is 3. The number of ketones is 1. The van der Waals surface area contributed by atoms with E-state index in [0.29, 0.717) is 11.5 Å². The Morgan fingerprint density at radius 1 is 1.24 bits per heavy atom. The summed E-state index contributed by atoms with van der Waals surface area (Å²) in [7, 11) is 3.09. The van der Waals surface area contributed by atoms with E-state index >= 15 is 0 Å². The van der Waals surface area contributed by atoms with Crippen molar-refractivity contribution in [3.63, 3.8) is 0 Å². The second-order valence-corrected chi connectivity index (χ2v) is 5.85. The number of piperidine rings is 1. The van der Waals surface area contributed by atoms with Crippen molar-refractivity contribution in [3.05, 3.63) is 23.8 Å². The molecule has 1 aliphatic rings. The van der Waals surface area contributed by atoms with Crippen LogP contribution in [0, 0.1) is 5.92 Å². The fourth-order valence-electron chi connectivity index (χ4n) is 2.90. The van der Waals surface area contributed by atoms with E-state index in [0.717, 1.165) is 5.56 Å². The molecule has 0 radical (unpaired) electrons. The highest BCUT2D eigenvalue weighted by molar-refractivity contribution is 6.18. The van der Waals surface area contributed by atoms with Crippen LogP contribution in [-0.2, 0) is 25.7 Å². The number of hydrogen-bond acceptors (Lipinski definition) is 6. The first kappa shape index (κ1) is 18.8. The molecule has 0 aromatic heterocycles. The predicted molar refractivity (Wildman–Crippen MR) is 89.3 cm³/mol. The molecule has 1 fully saturated rings. The lowest BCUT2D eigenvalue weighted by Crippen LogP contribution is -2.53. The molecule has 1 amide bonds. The van der Waals surface area contributed by atoms with E-state index in [4.69, 9.17) is 14.2 Å². The van der Waals surface area contributed by atoms with E-state index in [-0.39, 0.29) is 25.6 Å². The highest BCUT2D eigenvalue weighted by Crippen LogP contribution is 2.29. The molecule has 1 aromatic rings. The molecule has 0 spiro atoms. The zero-order chi connectivity index (χ0) is 18.6. The maximum Gasteiger partial charge on any atom is 0.326 e. The number of Topliss-reactive ketones (excluding diaryl/α,β-unsaturated/α-hetero) is 1. The summed E-state index contributed by atoms with van der Waals surface area (Å²) in [5.41, 5.74) is 0.764. The van der Waals surface area contributed by atoms with E-state index in [9.17, 15) is 14.4 Å². The molecule has 1 aliphatic heterocycles. The molecule has 0 aliphatic carbocycles. The average molecular weight is 349 g/mol. The topological polar surface area (TPSA) is 82.1 Å². The fourth-order valence-corrected chi connectivity index (χ4v) is 2.90. The number of likely N-dealkylation sites (tertiary alicyclic amines) is 1. The van der Waals surface area contributed by atoms with Gasteiger partial charge in [0.1, 0.15) is 11.5 Å². The summed E-state index contributed by atoms with van der Waals surface area (Å²) in [4.78, 5) is 38.4. The molecule has 0 N–H and O–H groups in total. The van der Waals surface area contributed by atoms with E-state index in [1.165, 1.54) is 12.0 Å². The number of hydrogen-bond donors (Lipinski definition) is 0. The van der Waals surface area contributed by atoms with Gasteiger partial charge in [0.05, 0.1) is 20.8 Å². The third-order valence-electron chi connectivity index (χ3n) is 4.24. The fraction of sp³-hybridized carbons (Fsp3) is 0.500. The Hall–Kier alpha value is -2.57. The van der Waals surface area contributed by atoms with Crippen LogP contribution in [0.2, 0.25) is 0 Å². The Morgan fingerprint density at radius 2 is 1.96 bits per heavy atom. The third-order valence-corrected chi connectivity index (χ3v) is 4.24. The van der Waals surface area contributed by atoms with E-state index in [2.05, 4.69) is 0 Å². The Kier molecular flexibility index (Phi) is 6.01. The molecule has 1 saturated heterocycles. The van der Waals surface area contributed by atoms with Gasteiger partial charge in [0.15, 0.2) is 11.7 Å². The quantitative estimate of drug-likeness (QED) is 0.573. The third kappa shape index (κ3) is 3.92. The van der Waals surface area contributed by atoms with Gasteiger partial charge in [0, 0.05) is 30.6 Å². The van der Waals surface area contributed by atoms with Crippen molar-refractivity contribution in [3.8, 4) is 11.5 Å². The maximum absolute atomic E-state index is 12.7. The predicted octanol–water partition coefficient (Wildman–Crippen LogP) is 1.57. The first-order chi connectivity index (χ1) is 11.9. The average Bonchev–Trinajstić information content (AvgIpc) is 2.58. The van der Waals surface area contributed by atoms with Gasteiger partial charge in [0.2, 0.25) is 5.91 Å². The van der Waals surface area contributed by atoms with Gasteiger partial charge in [-0.05, 0) is 26.0 Å². The molecule has 136 valence electrons. The largest absolute Gasteiger partial charge is 0.497 e. The van der Waals surface area contributed by atoms with Crippen LogP contribution in [0.4, 0.5) is 0 Å². The first-order valence-electron chi connectivity index (χ1n) is 8.13. The van der Waals surface area contributed by atoms with Gasteiger partial charge in [-0.1, -0.05) is 0 Å². The molecule has 2 atom stereocenters. The summed E-state index contributed by atoms with van der Waals surface area (Å²) in [6.07, 6.45) is 0.119. The minimum Gasteiger partial charge on any atom is -0.497 e. The summed E-state index contributed by atoms with van der Waals surface area (Å²) in [5.74, 6) is -1.87. The van der Waals surface area contributed by atoms with Gasteiger partial charge < -0.3 is 19.1 Å². The number of rotatable bonds is 6. The summed E-state index contributed by atoms with van der Waals surface area (Å²) < 4.78 is 15.4. The lowest BCUT2D eigenvalue weighted by atomic mass is 9.90. The number of carbonyl (C=O) groups is 3. The van der Waals surface area contributed by atoms with Crippen molar-refractivity contribution in [2.75, 3.05) is 20.8 Å². The molecule has 0 saturated carbocycles. The Bertz CT molecular complexity index is 664. The number of carbonyl (C=O) groups excluding carboxylic acids is 3. The van der Waals surface area contributed by atoms with Gasteiger partial charge in [-0.25, -0.2) is 0 Å². The molecule has 1 heterocycles. The smallest absolute Gasteiger partial charge is 0.326 e. The van der Waals surface area contributed by atoms with Crippen LogP contribution in [-0.4, -0.2) is 49.4 Å². The van der Waals surface area contributed by atoms with E-state index in [1.807, 2.05) is 0 Å². The molecule has 7 heteroatoms. The molecule has 2 rings (SSSR count). The van der Waals surface area contributed by atoms with Gasteiger partial charge in [-0.3, -0.25) is 14.4 Å². The normalized spacial score (nSPS) is 20.4. The number of methoxy groups -OCH3 is 2. The zero-order valence-electron chi connectivity index (χ0n) is 14.9. The second-order valence-electron chi connectivity index (χ2n) is 5.85. The lowest BCUT2D eigenvalue weighted by Gasteiger charge is -2.36. The van der Waals surface area contributed by atoms with Crippen molar-refractivity contribution >= 4 is 17.7 Å². The van der Waals surface area contributed by atoms with Crippen LogP contribution >= 0.6 is 0 Å². The first-order valence-corrected chi connectivity index (χ1v) is 8.13. The summed E-state index contributed by atoms with van der Waals surface area (Å²) >= 11 is 0. The second kappa shape index (κ2) is 8.00.